The molecule has 1 aromatic rings. The first kappa shape index (κ1) is 18.6. The molecule has 0 radical (unpaired) electrons. The zero-order valence-corrected chi connectivity index (χ0v) is 13.0. The average molecular weight is 338 g/mol. The normalized spacial score (nSPS) is 13.0. The van der Waals surface area contributed by atoms with Crippen LogP contribution in [0.25, 0.3) is 0 Å². The first-order valence-electron chi connectivity index (χ1n) is 6.24. The minimum atomic E-state index is -4.38. The molecule has 0 spiro atoms. The monoisotopic (exact) mass is 338 g/mol. The van der Waals surface area contributed by atoms with Crippen LogP contribution in [0.2, 0.25) is 0 Å². The van der Waals surface area contributed by atoms with E-state index >= 15 is 0 Å². The van der Waals surface area contributed by atoms with E-state index in [1.807, 2.05) is 0 Å². The third kappa shape index (κ3) is 6.54. The number of amides is 2. The lowest BCUT2D eigenvalue weighted by molar-refractivity contribution is -0.117. The van der Waals surface area contributed by atoms with Gasteiger partial charge in [0.1, 0.15) is 0 Å². The number of thioether (sulfide) groups is 1. The molecule has 0 aliphatic rings. The molecule has 2 amide bonds. The number of carbonyl (C=O) groups is 1. The van der Waals surface area contributed by atoms with Gasteiger partial charge >= 0.3 is 11.5 Å². The summed E-state index contributed by atoms with van der Waals surface area (Å²) >= 11 is -0.244. The van der Waals surface area contributed by atoms with Gasteiger partial charge in [0.15, 0.2) is 6.29 Å². The molecule has 0 saturated carbocycles. The van der Waals surface area contributed by atoms with E-state index in [1.165, 1.54) is 38.5 Å². The van der Waals surface area contributed by atoms with Crippen LogP contribution in [0.5, 0.6) is 0 Å². The molecule has 2 N–H and O–H groups in total. The predicted molar refractivity (Wildman–Crippen MR) is 77.8 cm³/mol. The van der Waals surface area contributed by atoms with E-state index in [2.05, 4.69) is 10.6 Å². The van der Waals surface area contributed by atoms with Crippen LogP contribution < -0.4 is 10.6 Å². The van der Waals surface area contributed by atoms with Crippen molar-refractivity contribution in [2.75, 3.05) is 19.5 Å². The molecule has 0 aliphatic heterocycles. The Morgan fingerprint density at radius 2 is 1.91 bits per heavy atom. The number of ether oxygens (including phenoxy) is 2. The van der Waals surface area contributed by atoms with Crippen LogP contribution in [0, 0.1) is 0 Å². The largest absolute Gasteiger partial charge is 0.446 e. The zero-order chi connectivity index (χ0) is 16.8. The number of nitrogens with one attached hydrogen (secondary N) is 2. The second-order valence-corrected chi connectivity index (χ2v) is 5.44. The predicted octanol–water partition coefficient (Wildman–Crippen LogP) is 3.43. The first-order chi connectivity index (χ1) is 10.2. The molecular weight excluding hydrogens is 321 g/mol. The molecule has 1 unspecified atom stereocenters. The summed E-state index contributed by atoms with van der Waals surface area (Å²) in [4.78, 5) is 11.8. The van der Waals surface area contributed by atoms with Gasteiger partial charge in [-0.05, 0) is 36.9 Å². The van der Waals surface area contributed by atoms with Gasteiger partial charge in [-0.25, -0.2) is 4.79 Å². The van der Waals surface area contributed by atoms with E-state index in [0.717, 1.165) is 0 Å². The summed E-state index contributed by atoms with van der Waals surface area (Å²) in [5.41, 5.74) is -4.12. The van der Waals surface area contributed by atoms with Crippen molar-refractivity contribution in [2.45, 2.75) is 29.7 Å². The lowest BCUT2D eigenvalue weighted by Gasteiger charge is -2.22. The average Bonchev–Trinajstić information content (AvgIpc) is 2.38. The van der Waals surface area contributed by atoms with Gasteiger partial charge in [0, 0.05) is 24.8 Å². The van der Waals surface area contributed by atoms with E-state index in [9.17, 15) is 18.0 Å². The van der Waals surface area contributed by atoms with Crippen molar-refractivity contribution < 1.29 is 27.4 Å². The molecule has 124 valence electrons. The van der Waals surface area contributed by atoms with E-state index < -0.39 is 23.9 Å². The third-order valence-electron chi connectivity index (χ3n) is 2.56. The Balaban J connectivity index is 2.63. The Morgan fingerprint density at radius 3 is 2.45 bits per heavy atom. The molecule has 9 heteroatoms. The lowest BCUT2D eigenvalue weighted by atomic mass is 10.3. The van der Waals surface area contributed by atoms with Crippen molar-refractivity contribution in [3.8, 4) is 0 Å². The van der Waals surface area contributed by atoms with E-state index in [0.29, 0.717) is 0 Å². The molecule has 0 fully saturated rings. The molecular formula is C13H17F3N2O3S. The topological polar surface area (TPSA) is 59.6 Å². The van der Waals surface area contributed by atoms with Gasteiger partial charge < -0.3 is 20.1 Å². The van der Waals surface area contributed by atoms with Crippen molar-refractivity contribution in [3.63, 3.8) is 0 Å². The van der Waals surface area contributed by atoms with Crippen molar-refractivity contribution in [2.24, 2.45) is 0 Å². The second-order valence-electron chi connectivity index (χ2n) is 4.30. The summed E-state index contributed by atoms with van der Waals surface area (Å²) in [6.07, 6.45) is -0.627. The summed E-state index contributed by atoms with van der Waals surface area (Å²) < 4.78 is 46.9. The summed E-state index contributed by atoms with van der Waals surface area (Å²) in [5, 5.41) is 5.03. The van der Waals surface area contributed by atoms with Gasteiger partial charge in [-0.15, -0.1) is 0 Å². The quantitative estimate of drug-likeness (QED) is 0.616. The van der Waals surface area contributed by atoms with Crippen molar-refractivity contribution in [1.29, 1.82) is 0 Å². The number of rotatable bonds is 6. The Labute approximate surface area is 130 Å². The number of halogens is 3. The maximum Gasteiger partial charge on any atom is 0.446 e. The number of alkyl halides is 3. The Bertz CT molecular complexity index is 496. The highest BCUT2D eigenvalue weighted by Gasteiger charge is 2.29. The molecule has 1 aromatic carbocycles. The van der Waals surface area contributed by atoms with Crippen LogP contribution in [-0.4, -0.2) is 38.1 Å². The number of hydrogen-bond acceptors (Lipinski definition) is 4. The van der Waals surface area contributed by atoms with Crippen LogP contribution >= 0.6 is 11.8 Å². The Hall–Kier alpha value is -1.45. The molecule has 0 heterocycles. The highest BCUT2D eigenvalue weighted by molar-refractivity contribution is 8.00. The van der Waals surface area contributed by atoms with Gasteiger partial charge in [-0.2, -0.15) is 13.2 Å². The maximum absolute atomic E-state index is 12.3. The highest BCUT2D eigenvalue weighted by Crippen LogP contribution is 2.37. The smallest absolute Gasteiger partial charge is 0.354 e. The number of hydrogen-bond donors (Lipinski definition) is 2. The molecule has 1 atom stereocenters. The van der Waals surface area contributed by atoms with Gasteiger partial charge in [0.2, 0.25) is 0 Å². The molecule has 5 nitrogen and oxygen atoms in total. The van der Waals surface area contributed by atoms with Gasteiger partial charge in [-0.3, -0.25) is 0 Å². The number of benzene rings is 1. The van der Waals surface area contributed by atoms with E-state index in [-0.39, 0.29) is 22.3 Å². The van der Waals surface area contributed by atoms with Crippen LogP contribution in [0.3, 0.4) is 0 Å². The van der Waals surface area contributed by atoms with Gasteiger partial charge in [0.25, 0.3) is 0 Å². The molecule has 1 rings (SSSR count). The second kappa shape index (κ2) is 8.25. The van der Waals surface area contributed by atoms with Crippen molar-refractivity contribution in [1.82, 2.24) is 5.32 Å². The van der Waals surface area contributed by atoms with Crippen LogP contribution in [0.4, 0.5) is 23.7 Å². The standard InChI is InChI=1S/C13H17F3N2O3S/c1-8(11(20-2)21-3)17-12(19)18-9-5-4-6-10(7-9)22-13(14,15)16/h4-8,11H,1-3H3,(H2,17,18,19). The SMILES string of the molecule is COC(OC)C(C)NC(=O)Nc1cccc(SC(F)(F)F)c1. The molecule has 0 aliphatic carbocycles. The number of urea groups is 1. The van der Waals surface area contributed by atoms with E-state index in [1.54, 1.807) is 6.92 Å². The minimum absolute atomic E-state index is 0.00925. The number of carbonyl (C=O) groups excluding carboxylic acids is 1. The molecule has 0 bridgehead atoms. The summed E-state index contributed by atoms with van der Waals surface area (Å²) in [6, 6.07) is 4.47. The van der Waals surface area contributed by atoms with Crippen LogP contribution in [0.15, 0.2) is 29.2 Å². The summed E-state index contributed by atoms with van der Waals surface area (Å²) in [7, 11) is 2.87. The van der Waals surface area contributed by atoms with Crippen molar-refractivity contribution >= 4 is 23.5 Å². The number of methoxy groups -OCH3 is 2. The third-order valence-corrected chi connectivity index (χ3v) is 3.28. The highest BCUT2D eigenvalue weighted by atomic mass is 32.2. The fourth-order valence-corrected chi connectivity index (χ4v) is 2.32. The van der Waals surface area contributed by atoms with Gasteiger partial charge in [0.05, 0.1) is 6.04 Å². The number of anilines is 1. The van der Waals surface area contributed by atoms with E-state index in [4.69, 9.17) is 9.47 Å². The fraction of sp³-hybridized carbons (Fsp3) is 0.462. The van der Waals surface area contributed by atoms with Crippen LogP contribution in [0.1, 0.15) is 6.92 Å². The molecule has 22 heavy (non-hydrogen) atoms. The minimum Gasteiger partial charge on any atom is -0.354 e. The first-order valence-corrected chi connectivity index (χ1v) is 7.05. The molecule has 0 aromatic heterocycles. The Kier molecular flexibility index (Phi) is 6.98. The molecule has 0 saturated heterocycles. The maximum atomic E-state index is 12.3. The zero-order valence-electron chi connectivity index (χ0n) is 12.2. The summed E-state index contributed by atoms with van der Waals surface area (Å²) in [5.74, 6) is 0. The van der Waals surface area contributed by atoms with Crippen molar-refractivity contribution in [3.05, 3.63) is 24.3 Å². The van der Waals surface area contributed by atoms with Gasteiger partial charge in [-0.1, -0.05) is 6.07 Å². The Morgan fingerprint density at radius 1 is 1.27 bits per heavy atom. The fourth-order valence-electron chi connectivity index (χ4n) is 1.72. The summed E-state index contributed by atoms with van der Waals surface area (Å²) in [6.45, 7) is 1.67. The lowest BCUT2D eigenvalue weighted by Crippen LogP contribution is -2.44. The van der Waals surface area contributed by atoms with Crippen LogP contribution in [-0.2, 0) is 9.47 Å².